The number of terminal acetylenes is 1. The van der Waals surface area contributed by atoms with Crippen LogP contribution in [0.15, 0.2) is 54.6 Å². The Morgan fingerprint density at radius 2 is 1.45 bits per heavy atom. The molecule has 4 atom stereocenters. The maximum Gasteiger partial charge on any atom is 0.408 e. The lowest BCUT2D eigenvalue weighted by Crippen LogP contribution is -2.56. The van der Waals surface area contributed by atoms with Gasteiger partial charge in [-0.25, -0.2) is 9.59 Å². The van der Waals surface area contributed by atoms with Gasteiger partial charge in [0.15, 0.2) is 0 Å². The quantitative estimate of drug-likeness (QED) is 0.111. The van der Waals surface area contributed by atoms with Gasteiger partial charge in [-0.05, 0) is 77.1 Å². The number of carbonyl (C=O) groups excluding carboxylic acids is 4. The van der Waals surface area contributed by atoms with E-state index in [-0.39, 0.29) is 18.9 Å². The van der Waals surface area contributed by atoms with Gasteiger partial charge in [-0.15, -0.1) is 6.42 Å². The van der Waals surface area contributed by atoms with E-state index in [2.05, 4.69) is 23.5 Å². The summed E-state index contributed by atoms with van der Waals surface area (Å²) in [5.41, 5.74) is 0.397. The Hall–Kier alpha value is -4.32. The Morgan fingerprint density at radius 3 is 1.98 bits per heavy atom. The van der Waals surface area contributed by atoms with E-state index in [1.165, 1.54) is 4.90 Å². The molecule has 2 aromatic carbocycles. The van der Waals surface area contributed by atoms with Crippen LogP contribution in [0.25, 0.3) is 0 Å². The number of ether oxygens (including phenoxy) is 2. The van der Waals surface area contributed by atoms with Crippen molar-refractivity contribution in [2.45, 2.75) is 130 Å². The zero-order chi connectivity index (χ0) is 36.8. The second kappa shape index (κ2) is 19.0. The number of nitrogens with one attached hydrogen (secondary N) is 2. The molecule has 0 aliphatic rings. The van der Waals surface area contributed by atoms with Crippen LogP contribution in [0.1, 0.15) is 117 Å². The van der Waals surface area contributed by atoms with Crippen molar-refractivity contribution >= 4 is 23.9 Å². The fourth-order valence-electron chi connectivity index (χ4n) is 5.27. The van der Waals surface area contributed by atoms with E-state index in [1.54, 1.807) is 65.8 Å². The molecule has 9 heteroatoms. The third-order valence-electron chi connectivity index (χ3n) is 7.93. The fourth-order valence-corrected chi connectivity index (χ4v) is 5.27. The highest BCUT2D eigenvalue weighted by Gasteiger charge is 2.39. The van der Waals surface area contributed by atoms with Crippen molar-refractivity contribution in [3.8, 4) is 12.3 Å². The molecule has 268 valence electrons. The Kier molecular flexibility index (Phi) is 15.9. The Morgan fingerprint density at radius 1 is 0.837 bits per heavy atom. The van der Waals surface area contributed by atoms with Crippen molar-refractivity contribution in [3.05, 3.63) is 71.3 Å². The molecule has 0 spiro atoms. The molecular formula is C40H57N3O6. The van der Waals surface area contributed by atoms with Gasteiger partial charge in [0.25, 0.3) is 0 Å². The van der Waals surface area contributed by atoms with Gasteiger partial charge in [0, 0.05) is 18.5 Å². The molecule has 4 unspecified atom stereocenters. The predicted octanol–water partition coefficient (Wildman–Crippen LogP) is 7.13. The lowest BCUT2D eigenvalue weighted by molar-refractivity contribution is -0.159. The number of unbranched alkanes of at least 4 members (excludes halogenated alkanes) is 3. The topological polar surface area (TPSA) is 114 Å². The van der Waals surface area contributed by atoms with E-state index in [1.807, 2.05) is 44.2 Å². The minimum atomic E-state index is -1.14. The molecule has 0 saturated carbocycles. The molecule has 2 aromatic rings. The largest absolute Gasteiger partial charge is 0.458 e. The molecule has 0 saturated heterocycles. The van der Waals surface area contributed by atoms with Gasteiger partial charge in [-0.3, -0.25) is 9.59 Å². The lowest BCUT2D eigenvalue weighted by Gasteiger charge is -2.37. The van der Waals surface area contributed by atoms with Gasteiger partial charge in [0.2, 0.25) is 11.8 Å². The minimum Gasteiger partial charge on any atom is -0.458 e. The van der Waals surface area contributed by atoms with Crippen LogP contribution in [-0.2, 0) is 30.3 Å². The van der Waals surface area contributed by atoms with E-state index < -0.39 is 53.2 Å². The molecule has 0 aromatic heterocycles. The SMILES string of the molecule is C#Cc1ccc(C(C(=O)NC(Cc2ccccc2)C(=O)OC(C)(C)C)N(CCCCCC)C(=O)C(NC(=O)OC(C)(C)C)C(C)CC)cc1. The zero-order valence-corrected chi connectivity index (χ0v) is 30.9. The fraction of sp³-hybridized carbons (Fsp3) is 0.550. The van der Waals surface area contributed by atoms with E-state index in [9.17, 15) is 19.2 Å². The number of amides is 3. The Balaban J connectivity index is 2.67. The number of esters is 1. The zero-order valence-electron chi connectivity index (χ0n) is 30.9. The van der Waals surface area contributed by atoms with Crippen molar-refractivity contribution < 1.29 is 28.7 Å². The summed E-state index contributed by atoms with van der Waals surface area (Å²) in [4.78, 5) is 57.4. The van der Waals surface area contributed by atoms with Gasteiger partial charge in [0.05, 0.1) is 0 Å². The monoisotopic (exact) mass is 675 g/mol. The highest BCUT2D eigenvalue weighted by atomic mass is 16.6. The number of rotatable bonds is 16. The summed E-state index contributed by atoms with van der Waals surface area (Å²) in [6, 6.07) is 13.1. The summed E-state index contributed by atoms with van der Waals surface area (Å²) in [6.45, 7) is 16.7. The first-order valence-electron chi connectivity index (χ1n) is 17.4. The highest BCUT2D eigenvalue weighted by molar-refractivity contribution is 5.94. The van der Waals surface area contributed by atoms with Crippen LogP contribution in [0.5, 0.6) is 0 Å². The molecule has 2 N–H and O–H groups in total. The third kappa shape index (κ3) is 14.0. The van der Waals surface area contributed by atoms with Crippen molar-refractivity contribution in [2.75, 3.05) is 6.54 Å². The third-order valence-corrected chi connectivity index (χ3v) is 7.93. The summed E-state index contributed by atoms with van der Waals surface area (Å²) in [5.74, 6) is 0.756. The molecule has 0 aliphatic carbocycles. The molecule has 3 amide bonds. The van der Waals surface area contributed by atoms with Crippen LogP contribution in [0.2, 0.25) is 0 Å². The number of hydrogen-bond acceptors (Lipinski definition) is 6. The first-order chi connectivity index (χ1) is 23.0. The van der Waals surface area contributed by atoms with Crippen LogP contribution in [-0.4, -0.2) is 58.6 Å². The minimum absolute atomic E-state index is 0.185. The van der Waals surface area contributed by atoms with Crippen LogP contribution in [0.4, 0.5) is 4.79 Å². The number of alkyl carbamates (subject to hydrolysis) is 1. The molecule has 9 nitrogen and oxygen atoms in total. The summed E-state index contributed by atoms with van der Waals surface area (Å²) >= 11 is 0. The van der Waals surface area contributed by atoms with Gasteiger partial charge >= 0.3 is 12.1 Å². The smallest absolute Gasteiger partial charge is 0.408 e. The van der Waals surface area contributed by atoms with Gasteiger partial charge in [-0.2, -0.15) is 0 Å². The van der Waals surface area contributed by atoms with E-state index in [0.717, 1.165) is 24.8 Å². The standard InChI is InChI=1S/C40H57N3O6/c1-11-14-15-19-26-43(36(45)33(28(4)12-2)42-38(47)49-40(8,9)10)34(31-24-22-29(13-3)23-25-31)35(44)41-32(37(46)48-39(5,6)7)27-30-20-17-16-18-21-30/h3,16-18,20-25,28,32-34H,11-12,14-15,19,26-27H2,1-2,4-10H3,(H,41,44)(H,42,47). The van der Waals surface area contributed by atoms with E-state index in [0.29, 0.717) is 24.0 Å². The average Bonchev–Trinajstić information content (AvgIpc) is 3.03. The number of benzene rings is 2. The first-order valence-corrected chi connectivity index (χ1v) is 17.4. The summed E-state index contributed by atoms with van der Waals surface area (Å²) in [7, 11) is 0. The first kappa shape index (κ1) is 40.9. The number of carbonyl (C=O) groups is 4. The summed E-state index contributed by atoms with van der Waals surface area (Å²) in [6.07, 6.45) is 9.10. The maximum absolute atomic E-state index is 14.7. The second-order valence-corrected chi connectivity index (χ2v) is 14.6. The van der Waals surface area contributed by atoms with Crippen molar-refractivity contribution in [3.63, 3.8) is 0 Å². The van der Waals surface area contributed by atoms with Crippen molar-refractivity contribution in [2.24, 2.45) is 5.92 Å². The number of hydrogen-bond donors (Lipinski definition) is 2. The molecular weight excluding hydrogens is 618 g/mol. The van der Waals surface area contributed by atoms with E-state index in [4.69, 9.17) is 15.9 Å². The molecule has 0 bridgehead atoms. The molecule has 0 aliphatic heterocycles. The second-order valence-electron chi connectivity index (χ2n) is 14.6. The molecule has 2 rings (SSSR count). The van der Waals surface area contributed by atoms with Crippen molar-refractivity contribution in [1.82, 2.24) is 15.5 Å². The highest BCUT2D eigenvalue weighted by Crippen LogP contribution is 2.27. The normalized spacial score (nSPS) is 14.0. The summed E-state index contributed by atoms with van der Waals surface area (Å²) in [5, 5.41) is 5.75. The van der Waals surface area contributed by atoms with Crippen LogP contribution in [0, 0.1) is 18.3 Å². The van der Waals surface area contributed by atoms with Crippen LogP contribution < -0.4 is 10.6 Å². The van der Waals surface area contributed by atoms with Gasteiger partial charge < -0.3 is 25.0 Å². The van der Waals surface area contributed by atoms with E-state index >= 15 is 0 Å². The Bertz CT molecular complexity index is 1400. The molecule has 0 fully saturated rings. The molecule has 49 heavy (non-hydrogen) atoms. The number of nitrogens with zero attached hydrogens (tertiary/aromatic N) is 1. The van der Waals surface area contributed by atoms with Gasteiger partial charge in [-0.1, -0.05) is 94.8 Å². The summed E-state index contributed by atoms with van der Waals surface area (Å²) < 4.78 is 11.3. The molecule has 0 radical (unpaired) electrons. The van der Waals surface area contributed by atoms with Crippen LogP contribution >= 0.6 is 0 Å². The molecule has 0 heterocycles. The van der Waals surface area contributed by atoms with Crippen molar-refractivity contribution in [1.29, 1.82) is 0 Å². The Labute approximate surface area is 293 Å². The maximum atomic E-state index is 14.7. The van der Waals surface area contributed by atoms with Crippen LogP contribution in [0.3, 0.4) is 0 Å². The average molecular weight is 676 g/mol. The van der Waals surface area contributed by atoms with Gasteiger partial charge in [0.1, 0.15) is 29.3 Å². The lowest BCUT2D eigenvalue weighted by atomic mass is 9.95. The predicted molar refractivity (Wildman–Crippen MR) is 194 cm³/mol.